The number of allylic oxidation sites excluding steroid dienone is 16. The molecule has 0 aliphatic rings. The number of aliphatic carboxylic acids is 1. The number of unbranched alkanes of at least 4 members (excludes halogenated alkanes) is 10. The van der Waals surface area contributed by atoms with Gasteiger partial charge in [0.15, 0.2) is 6.10 Å². The van der Waals surface area contributed by atoms with E-state index in [0.29, 0.717) is 12.8 Å². The second-order valence-corrected chi connectivity index (χ2v) is 16.2. The minimum Gasteiger partial charge on any atom is -0.544 e. The molecule has 0 aromatic heterocycles. The Morgan fingerprint density at radius 2 is 0.883 bits per heavy atom. The van der Waals surface area contributed by atoms with Gasteiger partial charge in [-0.15, -0.1) is 0 Å². The van der Waals surface area contributed by atoms with Crippen molar-refractivity contribution in [2.24, 2.45) is 0 Å². The minimum absolute atomic E-state index is 0.0209. The van der Waals surface area contributed by atoms with Crippen LogP contribution in [-0.4, -0.2) is 75.5 Å². The van der Waals surface area contributed by atoms with E-state index in [4.69, 9.17) is 14.2 Å². The number of nitrogens with zero attached hydrogens (tertiary/aromatic N) is 1. The van der Waals surface area contributed by atoms with Crippen LogP contribution in [0.3, 0.4) is 0 Å². The van der Waals surface area contributed by atoms with Crippen LogP contribution in [0.4, 0.5) is 0 Å². The van der Waals surface area contributed by atoms with Crippen LogP contribution in [0.2, 0.25) is 0 Å². The Balaban J connectivity index is 4.38. The van der Waals surface area contributed by atoms with Gasteiger partial charge in [-0.1, -0.05) is 150 Å². The van der Waals surface area contributed by atoms with Crippen molar-refractivity contribution >= 4 is 17.9 Å². The van der Waals surface area contributed by atoms with Crippen LogP contribution in [-0.2, 0) is 28.6 Å². The van der Waals surface area contributed by atoms with Gasteiger partial charge in [0.25, 0.3) is 0 Å². The fourth-order valence-corrected chi connectivity index (χ4v) is 6.17. The fraction of sp³-hybridized carbons (Fsp3) is 0.635. The smallest absolute Gasteiger partial charge is 0.306 e. The molecule has 0 bridgehead atoms. The molecule has 8 heteroatoms. The van der Waals surface area contributed by atoms with Gasteiger partial charge < -0.3 is 28.6 Å². The first-order valence-electron chi connectivity index (χ1n) is 23.3. The zero-order valence-corrected chi connectivity index (χ0v) is 38.6. The molecule has 0 saturated heterocycles. The normalized spacial score (nSPS) is 13.8. The zero-order chi connectivity index (χ0) is 44.2. The van der Waals surface area contributed by atoms with Gasteiger partial charge in [0.1, 0.15) is 12.6 Å². The Hall–Kier alpha value is -3.75. The summed E-state index contributed by atoms with van der Waals surface area (Å²) in [6, 6.07) is -0.738. The first kappa shape index (κ1) is 56.2. The number of ether oxygens (including phenoxy) is 3. The Labute approximate surface area is 366 Å². The molecule has 0 aliphatic heterocycles. The highest BCUT2D eigenvalue weighted by Crippen LogP contribution is 2.13. The van der Waals surface area contributed by atoms with Crippen LogP contribution in [0, 0.1) is 0 Å². The predicted molar refractivity (Wildman–Crippen MR) is 249 cm³/mol. The van der Waals surface area contributed by atoms with Crippen molar-refractivity contribution in [3.05, 3.63) is 97.2 Å². The third-order valence-corrected chi connectivity index (χ3v) is 9.72. The van der Waals surface area contributed by atoms with Crippen molar-refractivity contribution in [2.45, 2.75) is 174 Å². The fourth-order valence-electron chi connectivity index (χ4n) is 6.17. The third-order valence-electron chi connectivity index (χ3n) is 9.72. The molecule has 0 aromatic rings. The Bertz CT molecular complexity index is 1300. The molecular weight excluding hydrogens is 751 g/mol. The SMILES string of the molecule is CC/C=C/C/C=C/C/C=C/C/C=C/C/C=C/CCCCCCCCC(=O)OC(COCCC(C(=O)[O-])[N+](C)(C)C)COC(=O)CCCCCC/C=C/C/C=C/C/C=C/CC. The molecule has 0 N–H and O–H groups in total. The van der Waals surface area contributed by atoms with Gasteiger partial charge in [0.05, 0.1) is 40.3 Å². The molecule has 0 saturated carbocycles. The summed E-state index contributed by atoms with van der Waals surface area (Å²) < 4.78 is 17.1. The summed E-state index contributed by atoms with van der Waals surface area (Å²) in [5.74, 6) is -1.80. The van der Waals surface area contributed by atoms with Crippen LogP contribution >= 0.6 is 0 Å². The molecule has 60 heavy (non-hydrogen) atoms. The topological polar surface area (TPSA) is 102 Å². The molecule has 0 rings (SSSR count). The quantitative estimate of drug-likeness (QED) is 0.0262. The number of hydrogen-bond acceptors (Lipinski definition) is 7. The zero-order valence-electron chi connectivity index (χ0n) is 38.6. The van der Waals surface area contributed by atoms with Crippen molar-refractivity contribution < 1.29 is 38.2 Å². The molecule has 0 aromatic carbocycles. The maximum absolute atomic E-state index is 12.8. The number of carbonyl (C=O) groups excluding carboxylic acids is 3. The molecule has 0 radical (unpaired) electrons. The summed E-state index contributed by atoms with van der Waals surface area (Å²) in [4.78, 5) is 36.9. The molecule has 0 spiro atoms. The maximum atomic E-state index is 12.8. The van der Waals surface area contributed by atoms with Gasteiger partial charge >= 0.3 is 11.9 Å². The minimum atomic E-state index is -1.14. The summed E-state index contributed by atoms with van der Waals surface area (Å²) in [7, 11) is 5.38. The molecule has 340 valence electrons. The second-order valence-electron chi connectivity index (χ2n) is 16.2. The molecule has 0 heterocycles. The van der Waals surface area contributed by atoms with Crippen LogP contribution < -0.4 is 5.11 Å². The lowest BCUT2D eigenvalue weighted by Gasteiger charge is -2.34. The van der Waals surface area contributed by atoms with Crippen LogP contribution in [0.1, 0.15) is 162 Å². The highest BCUT2D eigenvalue weighted by molar-refractivity contribution is 5.70. The monoisotopic (exact) mass is 836 g/mol. The van der Waals surface area contributed by atoms with Gasteiger partial charge in [-0.3, -0.25) is 9.59 Å². The average Bonchev–Trinajstić information content (AvgIpc) is 3.21. The van der Waals surface area contributed by atoms with Crippen LogP contribution in [0.25, 0.3) is 0 Å². The van der Waals surface area contributed by atoms with Gasteiger partial charge in [-0.2, -0.15) is 0 Å². The average molecular weight is 836 g/mol. The molecule has 0 amide bonds. The van der Waals surface area contributed by atoms with E-state index in [0.717, 1.165) is 116 Å². The molecule has 2 atom stereocenters. The van der Waals surface area contributed by atoms with Crippen molar-refractivity contribution in [3.63, 3.8) is 0 Å². The summed E-state index contributed by atoms with van der Waals surface area (Å²) in [6.45, 7) is 4.38. The number of esters is 2. The molecule has 0 aliphatic carbocycles. The highest BCUT2D eigenvalue weighted by atomic mass is 16.6. The third kappa shape index (κ3) is 39.7. The molecule has 2 unspecified atom stereocenters. The second kappa shape index (κ2) is 42.0. The largest absolute Gasteiger partial charge is 0.544 e. The summed E-state index contributed by atoms with van der Waals surface area (Å²) in [5.41, 5.74) is 0. The van der Waals surface area contributed by atoms with Crippen molar-refractivity contribution in [3.8, 4) is 0 Å². The summed E-state index contributed by atoms with van der Waals surface area (Å²) in [5, 5.41) is 11.6. The van der Waals surface area contributed by atoms with Crippen molar-refractivity contribution in [1.82, 2.24) is 0 Å². The van der Waals surface area contributed by atoms with Crippen LogP contribution in [0.15, 0.2) is 97.2 Å². The van der Waals surface area contributed by atoms with Crippen LogP contribution in [0.5, 0.6) is 0 Å². The van der Waals surface area contributed by atoms with E-state index in [9.17, 15) is 19.5 Å². The molecular formula is C52H85NO7. The first-order valence-corrected chi connectivity index (χ1v) is 23.3. The van der Waals surface area contributed by atoms with E-state index in [1.165, 1.54) is 12.8 Å². The van der Waals surface area contributed by atoms with Crippen molar-refractivity contribution in [1.29, 1.82) is 0 Å². The molecule has 0 fully saturated rings. The van der Waals surface area contributed by atoms with Gasteiger partial charge in [-0.05, 0) is 89.9 Å². The predicted octanol–water partition coefficient (Wildman–Crippen LogP) is 11.7. The van der Waals surface area contributed by atoms with E-state index in [2.05, 4.69) is 111 Å². The van der Waals surface area contributed by atoms with E-state index in [1.807, 2.05) is 0 Å². The number of carboxylic acid groups (broad SMARTS) is 1. The Kier molecular flexibility index (Phi) is 39.3. The number of carbonyl (C=O) groups is 3. The summed E-state index contributed by atoms with van der Waals surface area (Å²) in [6.07, 6.45) is 55.7. The maximum Gasteiger partial charge on any atom is 0.306 e. The number of hydrogen-bond donors (Lipinski definition) is 0. The van der Waals surface area contributed by atoms with E-state index >= 15 is 0 Å². The van der Waals surface area contributed by atoms with Gasteiger partial charge in [0.2, 0.25) is 0 Å². The number of likely N-dealkylation sites (N-methyl/N-ethyl adjacent to an activating group) is 1. The van der Waals surface area contributed by atoms with E-state index in [-0.39, 0.29) is 42.7 Å². The Morgan fingerprint density at radius 1 is 0.500 bits per heavy atom. The van der Waals surface area contributed by atoms with Gasteiger partial charge in [-0.25, -0.2) is 0 Å². The highest BCUT2D eigenvalue weighted by Gasteiger charge is 2.25. The van der Waals surface area contributed by atoms with Gasteiger partial charge in [0, 0.05) is 19.3 Å². The number of quaternary nitrogens is 1. The van der Waals surface area contributed by atoms with Crippen molar-refractivity contribution in [2.75, 3.05) is 41.0 Å². The standard InChI is InChI=1S/C52H85NO7/c1-6-8-10-12-14-16-18-20-22-23-24-25-26-27-28-29-31-33-35-37-39-41-43-51(55)60-48(46-58-45-44-49(52(56)57)53(3,4)5)47-59-50(54)42-40-38-36-34-32-30-21-19-17-15-13-11-9-7-2/h8-11,14-17,20-22,24-25,27-28,30,48-49H,6-7,12-13,18-19,23,26,29,31-47H2,1-5H3/b10-8+,11-9+,16-14+,17-15+,22-20+,25-24+,28-27+,30-21+. The first-order chi connectivity index (χ1) is 29.1. The lowest BCUT2D eigenvalue weighted by atomic mass is 10.1. The van der Waals surface area contributed by atoms with E-state index in [1.54, 1.807) is 21.1 Å². The summed E-state index contributed by atoms with van der Waals surface area (Å²) >= 11 is 0. The lowest BCUT2D eigenvalue weighted by Crippen LogP contribution is -2.55. The lowest BCUT2D eigenvalue weighted by molar-refractivity contribution is -0.889. The number of carboxylic acids is 1. The van der Waals surface area contributed by atoms with E-state index < -0.39 is 18.1 Å². The number of rotatable bonds is 40. The molecule has 8 nitrogen and oxygen atoms in total. The Morgan fingerprint density at radius 3 is 1.30 bits per heavy atom.